The third-order valence-electron chi connectivity index (χ3n) is 2.76. The van der Waals surface area contributed by atoms with Crippen molar-refractivity contribution < 1.29 is 19.1 Å². The van der Waals surface area contributed by atoms with Crippen LogP contribution in [-0.2, 0) is 4.79 Å². The topological polar surface area (TPSA) is 71.7 Å². The number of aliphatic hydroxyl groups excluding tert-OH is 1. The largest absolute Gasteiger partial charge is 0.484 e. The summed E-state index contributed by atoms with van der Waals surface area (Å²) in [5.41, 5.74) is 1.06. The molecule has 2 aromatic rings. The Morgan fingerprint density at radius 1 is 1.40 bits per heavy atom. The smallest absolute Gasteiger partial charge is 0.258 e. The van der Waals surface area contributed by atoms with Crippen molar-refractivity contribution in [2.45, 2.75) is 13.0 Å². The van der Waals surface area contributed by atoms with Gasteiger partial charge in [-0.1, -0.05) is 12.1 Å². The van der Waals surface area contributed by atoms with Crippen LogP contribution in [-0.4, -0.2) is 24.2 Å². The Hall–Kier alpha value is -2.27. The molecule has 1 amide bonds. The molecular formula is C15H17NO4. The summed E-state index contributed by atoms with van der Waals surface area (Å²) in [6.07, 6.45) is 1.49. The molecule has 1 aromatic heterocycles. The van der Waals surface area contributed by atoms with Crippen molar-refractivity contribution in [2.75, 3.05) is 13.2 Å². The van der Waals surface area contributed by atoms with E-state index in [4.69, 9.17) is 9.15 Å². The van der Waals surface area contributed by atoms with Crippen molar-refractivity contribution in [3.63, 3.8) is 0 Å². The Kier molecular flexibility index (Phi) is 4.79. The number of rotatable bonds is 6. The fourth-order valence-corrected chi connectivity index (χ4v) is 1.79. The maximum atomic E-state index is 11.8. The van der Waals surface area contributed by atoms with E-state index in [0.717, 1.165) is 5.56 Å². The predicted molar refractivity (Wildman–Crippen MR) is 73.4 cm³/mol. The van der Waals surface area contributed by atoms with Crippen molar-refractivity contribution in [3.05, 3.63) is 54.0 Å². The van der Waals surface area contributed by atoms with Crippen LogP contribution in [0, 0.1) is 6.92 Å². The van der Waals surface area contributed by atoms with Gasteiger partial charge < -0.3 is 19.6 Å². The van der Waals surface area contributed by atoms with Gasteiger partial charge in [0.2, 0.25) is 0 Å². The molecule has 1 heterocycles. The summed E-state index contributed by atoms with van der Waals surface area (Å²) >= 11 is 0. The first-order valence-corrected chi connectivity index (χ1v) is 6.32. The fraction of sp³-hybridized carbons (Fsp3) is 0.267. The molecular weight excluding hydrogens is 258 g/mol. The molecule has 20 heavy (non-hydrogen) atoms. The third kappa shape index (κ3) is 3.86. The molecule has 0 saturated heterocycles. The molecule has 2 N–H and O–H groups in total. The Morgan fingerprint density at radius 3 is 2.90 bits per heavy atom. The Bertz CT molecular complexity index is 551. The number of furan rings is 1. The molecule has 2 rings (SSSR count). The second kappa shape index (κ2) is 6.77. The van der Waals surface area contributed by atoms with Gasteiger partial charge in [-0.15, -0.1) is 0 Å². The first-order chi connectivity index (χ1) is 9.69. The van der Waals surface area contributed by atoms with Crippen molar-refractivity contribution in [2.24, 2.45) is 0 Å². The van der Waals surface area contributed by atoms with E-state index in [2.05, 4.69) is 5.32 Å². The summed E-state index contributed by atoms with van der Waals surface area (Å²) in [5.74, 6) is 0.831. The van der Waals surface area contributed by atoms with Crippen LogP contribution in [0.4, 0.5) is 0 Å². The van der Waals surface area contributed by atoms with Gasteiger partial charge in [-0.25, -0.2) is 0 Å². The molecule has 0 spiro atoms. The van der Waals surface area contributed by atoms with E-state index in [1.807, 2.05) is 25.1 Å². The predicted octanol–water partition coefficient (Wildman–Crippen LogP) is 1.82. The lowest BCUT2D eigenvalue weighted by molar-refractivity contribution is -0.124. The minimum absolute atomic E-state index is 0.110. The van der Waals surface area contributed by atoms with Gasteiger partial charge in [0, 0.05) is 0 Å². The van der Waals surface area contributed by atoms with Crippen molar-refractivity contribution in [1.29, 1.82) is 0 Å². The van der Waals surface area contributed by atoms with Crippen LogP contribution in [0.3, 0.4) is 0 Å². The summed E-state index contributed by atoms with van der Waals surface area (Å²) in [7, 11) is 0. The number of ether oxygens (including phenoxy) is 1. The third-order valence-corrected chi connectivity index (χ3v) is 2.76. The van der Waals surface area contributed by atoms with Crippen LogP contribution in [0.15, 0.2) is 47.1 Å². The molecule has 1 unspecified atom stereocenters. The monoisotopic (exact) mass is 275 g/mol. The quantitative estimate of drug-likeness (QED) is 0.843. The molecule has 0 aliphatic rings. The Balaban J connectivity index is 1.86. The number of carbonyl (C=O) groups is 1. The average Bonchev–Trinajstić information content (AvgIpc) is 2.96. The highest BCUT2D eigenvalue weighted by Crippen LogP contribution is 2.14. The zero-order chi connectivity index (χ0) is 14.4. The number of aliphatic hydroxyl groups is 1. The normalized spacial score (nSPS) is 11.9. The average molecular weight is 275 g/mol. The van der Waals surface area contributed by atoms with E-state index in [1.165, 1.54) is 6.26 Å². The van der Waals surface area contributed by atoms with Crippen LogP contribution in [0.1, 0.15) is 17.4 Å². The van der Waals surface area contributed by atoms with E-state index in [0.29, 0.717) is 11.5 Å². The highest BCUT2D eigenvalue weighted by atomic mass is 16.5. The molecule has 5 heteroatoms. The van der Waals surface area contributed by atoms with Crippen LogP contribution >= 0.6 is 0 Å². The molecule has 1 aromatic carbocycles. The van der Waals surface area contributed by atoms with Crippen LogP contribution < -0.4 is 10.1 Å². The number of benzene rings is 1. The van der Waals surface area contributed by atoms with Gasteiger partial charge in [0.15, 0.2) is 6.61 Å². The number of carbonyl (C=O) groups excluding carboxylic acids is 1. The first-order valence-electron chi connectivity index (χ1n) is 6.32. The van der Waals surface area contributed by atoms with E-state index in [-0.39, 0.29) is 19.1 Å². The van der Waals surface area contributed by atoms with Gasteiger partial charge in [0.25, 0.3) is 5.91 Å². The second-order valence-corrected chi connectivity index (χ2v) is 4.42. The second-order valence-electron chi connectivity index (χ2n) is 4.42. The number of aryl methyl sites for hydroxylation is 1. The standard InChI is InChI=1S/C15H17NO4/c1-11-4-2-5-12(8-11)20-10-15(18)16-13(9-17)14-6-3-7-19-14/h2-8,13,17H,9-10H2,1H3,(H,16,18). The molecule has 106 valence electrons. The Morgan fingerprint density at radius 2 is 2.25 bits per heavy atom. The van der Waals surface area contributed by atoms with Crippen LogP contribution in [0.2, 0.25) is 0 Å². The number of amides is 1. The highest BCUT2D eigenvalue weighted by Gasteiger charge is 2.16. The Labute approximate surface area is 117 Å². The zero-order valence-electron chi connectivity index (χ0n) is 11.2. The summed E-state index contributed by atoms with van der Waals surface area (Å²) in [4.78, 5) is 11.8. The summed E-state index contributed by atoms with van der Waals surface area (Å²) in [5, 5.41) is 11.9. The lowest BCUT2D eigenvalue weighted by Gasteiger charge is -2.14. The fourth-order valence-electron chi connectivity index (χ4n) is 1.79. The first kappa shape index (κ1) is 14.1. The van der Waals surface area contributed by atoms with Crippen molar-refractivity contribution in [1.82, 2.24) is 5.32 Å². The lowest BCUT2D eigenvalue weighted by Crippen LogP contribution is -2.34. The maximum Gasteiger partial charge on any atom is 0.258 e. The van der Waals surface area contributed by atoms with Crippen molar-refractivity contribution >= 4 is 5.91 Å². The van der Waals surface area contributed by atoms with Gasteiger partial charge in [-0.3, -0.25) is 4.79 Å². The molecule has 0 aliphatic carbocycles. The minimum Gasteiger partial charge on any atom is -0.484 e. The van der Waals surface area contributed by atoms with Gasteiger partial charge in [0.05, 0.1) is 12.9 Å². The molecule has 1 atom stereocenters. The number of nitrogens with one attached hydrogen (secondary N) is 1. The maximum absolute atomic E-state index is 11.8. The van der Waals surface area contributed by atoms with Gasteiger partial charge in [-0.05, 0) is 36.8 Å². The van der Waals surface area contributed by atoms with Crippen LogP contribution in [0.5, 0.6) is 5.75 Å². The van der Waals surface area contributed by atoms with E-state index >= 15 is 0 Å². The lowest BCUT2D eigenvalue weighted by atomic mass is 10.2. The van der Waals surface area contributed by atoms with Gasteiger partial charge in [0.1, 0.15) is 17.6 Å². The van der Waals surface area contributed by atoms with Gasteiger partial charge in [-0.2, -0.15) is 0 Å². The number of hydrogen-bond donors (Lipinski definition) is 2. The SMILES string of the molecule is Cc1cccc(OCC(=O)NC(CO)c2ccco2)c1. The van der Waals surface area contributed by atoms with Crippen molar-refractivity contribution in [3.8, 4) is 5.75 Å². The molecule has 0 aliphatic heterocycles. The van der Waals surface area contributed by atoms with E-state index < -0.39 is 6.04 Å². The summed E-state index contributed by atoms with van der Waals surface area (Å²) in [6, 6.07) is 10.3. The van der Waals surface area contributed by atoms with E-state index in [1.54, 1.807) is 18.2 Å². The number of hydrogen-bond acceptors (Lipinski definition) is 4. The molecule has 0 fully saturated rings. The van der Waals surface area contributed by atoms with Gasteiger partial charge >= 0.3 is 0 Å². The van der Waals surface area contributed by atoms with E-state index in [9.17, 15) is 9.90 Å². The zero-order valence-corrected chi connectivity index (χ0v) is 11.2. The molecule has 5 nitrogen and oxygen atoms in total. The molecule has 0 bridgehead atoms. The van der Waals surface area contributed by atoms with Crippen LogP contribution in [0.25, 0.3) is 0 Å². The summed E-state index contributed by atoms with van der Waals surface area (Å²) < 4.78 is 10.5. The minimum atomic E-state index is -0.557. The molecule has 0 saturated carbocycles. The highest BCUT2D eigenvalue weighted by molar-refractivity contribution is 5.78. The summed E-state index contributed by atoms with van der Waals surface area (Å²) in [6.45, 7) is 1.61. The molecule has 0 radical (unpaired) electrons.